The molecule has 0 spiro atoms. The highest BCUT2D eigenvalue weighted by atomic mass is 32.2. The Morgan fingerprint density at radius 3 is 2.61 bits per heavy atom. The Morgan fingerprint density at radius 1 is 1.17 bits per heavy atom. The molecule has 3 nitrogen and oxygen atoms in total. The Hall–Kier alpha value is -2.11. The van der Waals surface area contributed by atoms with Gasteiger partial charge in [0.25, 0.3) is 5.91 Å². The zero-order chi connectivity index (χ0) is 16.4. The van der Waals surface area contributed by atoms with Crippen LogP contribution >= 0.6 is 24.0 Å². The summed E-state index contributed by atoms with van der Waals surface area (Å²) in [6.45, 7) is 1.97. The summed E-state index contributed by atoms with van der Waals surface area (Å²) in [6.07, 6.45) is 1.76. The maximum atomic E-state index is 12.7. The monoisotopic (exact) mass is 341 g/mol. The standard InChI is InChI=1S/C18H15NO2S2/c1-12(14-7-3-2-4-8-14)19-17(21)16(23-18(19)22)11-13-6-5-9-15(20)10-13/h2-12,20H,1H3/b16-11-/t12-/m1/s1. The fraction of sp³-hybridized carbons (Fsp3) is 0.111. The van der Waals surface area contributed by atoms with Crippen LogP contribution in [0.15, 0.2) is 59.5 Å². The first kappa shape index (κ1) is 15.8. The average Bonchev–Trinajstić information content (AvgIpc) is 2.81. The van der Waals surface area contributed by atoms with Gasteiger partial charge < -0.3 is 5.11 Å². The smallest absolute Gasteiger partial charge is 0.266 e. The van der Waals surface area contributed by atoms with E-state index in [0.29, 0.717) is 9.23 Å². The highest BCUT2D eigenvalue weighted by molar-refractivity contribution is 8.26. The average molecular weight is 341 g/mol. The molecule has 1 N–H and O–H groups in total. The van der Waals surface area contributed by atoms with Crippen molar-refractivity contribution < 1.29 is 9.90 Å². The molecule has 0 unspecified atom stereocenters. The third kappa shape index (κ3) is 3.30. The summed E-state index contributed by atoms with van der Waals surface area (Å²) in [4.78, 5) is 14.9. The van der Waals surface area contributed by atoms with Crippen LogP contribution in [0.5, 0.6) is 5.75 Å². The van der Waals surface area contributed by atoms with Crippen molar-refractivity contribution in [3.05, 3.63) is 70.6 Å². The number of phenols is 1. The molecular weight excluding hydrogens is 326 g/mol. The minimum Gasteiger partial charge on any atom is -0.508 e. The number of nitrogens with zero attached hydrogens (tertiary/aromatic N) is 1. The molecule has 1 heterocycles. The van der Waals surface area contributed by atoms with Crippen LogP contribution in [0.4, 0.5) is 0 Å². The van der Waals surface area contributed by atoms with E-state index in [2.05, 4.69) is 0 Å². The number of aromatic hydroxyl groups is 1. The van der Waals surface area contributed by atoms with E-state index in [0.717, 1.165) is 11.1 Å². The minimum atomic E-state index is -0.112. The summed E-state index contributed by atoms with van der Waals surface area (Å²) in [5.41, 5.74) is 1.82. The van der Waals surface area contributed by atoms with E-state index in [1.165, 1.54) is 11.8 Å². The van der Waals surface area contributed by atoms with Gasteiger partial charge in [0.05, 0.1) is 10.9 Å². The van der Waals surface area contributed by atoms with Gasteiger partial charge in [0.15, 0.2) is 0 Å². The predicted octanol–water partition coefficient (Wildman–Crippen LogP) is 4.35. The molecular formula is C18H15NO2S2. The maximum Gasteiger partial charge on any atom is 0.266 e. The quantitative estimate of drug-likeness (QED) is 0.665. The topological polar surface area (TPSA) is 40.5 Å². The Morgan fingerprint density at radius 2 is 1.91 bits per heavy atom. The highest BCUT2D eigenvalue weighted by Crippen LogP contribution is 2.38. The fourth-order valence-electron chi connectivity index (χ4n) is 2.46. The highest BCUT2D eigenvalue weighted by Gasteiger charge is 2.35. The number of hydrogen-bond donors (Lipinski definition) is 1. The molecule has 23 heavy (non-hydrogen) atoms. The Kier molecular flexibility index (Phi) is 4.50. The van der Waals surface area contributed by atoms with Crippen molar-refractivity contribution >= 4 is 40.3 Å². The molecule has 2 aromatic rings. The van der Waals surface area contributed by atoms with Crippen molar-refractivity contribution in [2.24, 2.45) is 0 Å². The summed E-state index contributed by atoms with van der Waals surface area (Å²) < 4.78 is 0.553. The molecule has 0 radical (unpaired) electrons. The zero-order valence-electron chi connectivity index (χ0n) is 12.5. The number of thioether (sulfide) groups is 1. The first-order chi connectivity index (χ1) is 11.1. The van der Waals surface area contributed by atoms with E-state index < -0.39 is 0 Å². The first-order valence-corrected chi connectivity index (χ1v) is 8.40. The number of hydrogen-bond acceptors (Lipinski definition) is 4. The van der Waals surface area contributed by atoms with E-state index in [9.17, 15) is 9.90 Å². The van der Waals surface area contributed by atoms with Gasteiger partial charge in [-0.2, -0.15) is 0 Å². The van der Waals surface area contributed by atoms with Gasteiger partial charge in [-0.05, 0) is 36.3 Å². The van der Waals surface area contributed by atoms with E-state index in [1.54, 1.807) is 29.2 Å². The molecule has 5 heteroatoms. The van der Waals surface area contributed by atoms with Gasteiger partial charge >= 0.3 is 0 Å². The van der Waals surface area contributed by atoms with Crippen LogP contribution in [0.25, 0.3) is 6.08 Å². The van der Waals surface area contributed by atoms with Crippen molar-refractivity contribution in [2.75, 3.05) is 0 Å². The Bertz CT molecular complexity index is 787. The number of amides is 1. The number of carbonyl (C=O) groups excluding carboxylic acids is 1. The van der Waals surface area contributed by atoms with Gasteiger partial charge in [-0.15, -0.1) is 0 Å². The normalized spacial score (nSPS) is 17.8. The van der Waals surface area contributed by atoms with Gasteiger partial charge in [0.2, 0.25) is 0 Å². The lowest BCUT2D eigenvalue weighted by Crippen LogP contribution is -2.30. The number of rotatable bonds is 3. The fourth-order valence-corrected chi connectivity index (χ4v) is 3.88. The van der Waals surface area contributed by atoms with E-state index in [4.69, 9.17) is 12.2 Å². The molecule has 0 aliphatic carbocycles. The third-order valence-electron chi connectivity index (χ3n) is 3.66. The number of thiocarbonyl (C=S) groups is 1. The lowest BCUT2D eigenvalue weighted by Gasteiger charge is -2.23. The van der Waals surface area contributed by atoms with E-state index in [1.807, 2.05) is 43.3 Å². The largest absolute Gasteiger partial charge is 0.508 e. The summed E-state index contributed by atoms with van der Waals surface area (Å²) in [7, 11) is 0. The summed E-state index contributed by atoms with van der Waals surface area (Å²) in [6, 6.07) is 16.5. The second kappa shape index (κ2) is 6.56. The van der Waals surface area contributed by atoms with Gasteiger partial charge in [-0.3, -0.25) is 9.69 Å². The Labute approximate surface area is 144 Å². The second-order valence-electron chi connectivity index (χ2n) is 5.23. The van der Waals surface area contributed by atoms with Gasteiger partial charge in [-0.25, -0.2) is 0 Å². The number of benzene rings is 2. The summed E-state index contributed by atoms with van der Waals surface area (Å²) >= 11 is 6.68. The van der Waals surface area contributed by atoms with Crippen molar-refractivity contribution in [2.45, 2.75) is 13.0 Å². The van der Waals surface area contributed by atoms with Crippen molar-refractivity contribution in [1.29, 1.82) is 0 Å². The van der Waals surface area contributed by atoms with Crippen LogP contribution < -0.4 is 0 Å². The molecule has 0 saturated carbocycles. The molecule has 1 aliphatic heterocycles. The van der Waals surface area contributed by atoms with Crippen LogP contribution in [0, 0.1) is 0 Å². The minimum absolute atomic E-state index is 0.0975. The molecule has 1 aliphatic rings. The molecule has 0 bridgehead atoms. The van der Waals surface area contributed by atoms with Crippen LogP contribution in [0.1, 0.15) is 24.1 Å². The third-order valence-corrected chi connectivity index (χ3v) is 4.99. The Balaban J connectivity index is 1.88. The summed E-state index contributed by atoms with van der Waals surface area (Å²) in [5.74, 6) is 0.0755. The van der Waals surface area contributed by atoms with E-state index >= 15 is 0 Å². The molecule has 1 amide bonds. The van der Waals surface area contributed by atoms with Gasteiger partial charge in [0.1, 0.15) is 10.1 Å². The molecule has 3 rings (SSSR count). The molecule has 2 aromatic carbocycles. The number of phenolic OH excluding ortho intramolecular Hbond substituents is 1. The molecule has 1 saturated heterocycles. The molecule has 1 fully saturated rings. The van der Waals surface area contributed by atoms with Crippen LogP contribution in [0.3, 0.4) is 0 Å². The molecule has 116 valence electrons. The summed E-state index contributed by atoms with van der Waals surface area (Å²) in [5, 5.41) is 9.54. The second-order valence-corrected chi connectivity index (χ2v) is 6.91. The van der Waals surface area contributed by atoms with Crippen molar-refractivity contribution in [1.82, 2.24) is 4.90 Å². The van der Waals surface area contributed by atoms with Crippen LogP contribution in [-0.2, 0) is 4.79 Å². The van der Waals surface area contributed by atoms with E-state index in [-0.39, 0.29) is 17.7 Å². The van der Waals surface area contributed by atoms with Crippen LogP contribution in [-0.4, -0.2) is 20.2 Å². The predicted molar refractivity (Wildman–Crippen MR) is 98.0 cm³/mol. The maximum absolute atomic E-state index is 12.7. The SMILES string of the molecule is C[C@H](c1ccccc1)N1C(=O)/C(=C/c2cccc(O)c2)SC1=S. The first-order valence-electron chi connectivity index (χ1n) is 7.17. The molecule has 1 atom stereocenters. The van der Waals surface area contributed by atoms with Crippen LogP contribution in [0.2, 0.25) is 0 Å². The lowest BCUT2D eigenvalue weighted by atomic mass is 10.1. The molecule has 0 aromatic heterocycles. The lowest BCUT2D eigenvalue weighted by molar-refractivity contribution is -0.123. The van der Waals surface area contributed by atoms with Crippen molar-refractivity contribution in [3.63, 3.8) is 0 Å². The zero-order valence-corrected chi connectivity index (χ0v) is 14.1. The van der Waals surface area contributed by atoms with Crippen molar-refractivity contribution in [3.8, 4) is 5.75 Å². The van der Waals surface area contributed by atoms with Gasteiger partial charge in [-0.1, -0.05) is 66.4 Å². The van der Waals surface area contributed by atoms with Gasteiger partial charge in [0, 0.05) is 0 Å². The number of carbonyl (C=O) groups is 1.